The van der Waals surface area contributed by atoms with Crippen LogP contribution in [0.1, 0.15) is 45.2 Å². The van der Waals surface area contributed by atoms with E-state index in [4.69, 9.17) is 0 Å². The van der Waals surface area contributed by atoms with Crippen LogP contribution in [-0.4, -0.2) is 35.1 Å². The predicted molar refractivity (Wildman–Crippen MR) is 80.1 cm³/mol. The second kappa shape index (κ2) is 7.01. The highest BCUT2D eigenvalue weighted by molar-refractivity contribution is 5.04. The van der Waals surface area contributed by atoms with E-state index in [-0.39, 0.29) is 0 Å². The van der Waals surface area contributed by atoms with E-state index < -0.39 is 0 Å². The van der Waals surface area contributed by atoms with Crippen molar-refractivity contribution < 1.29 is 0 Å². The third kappa shape index (κ3) is 4.02. The van der Waals surface area contributed by atoms with Crippen molar-refractivity contribution in [1.82, 2.24) is 15.2 Å². The summed E-state index contributed by atoms with van der Waals surface area (Å²) in [6.07, 6.45) is 7.07. The van der Waals surface area contributed by atoms with Crippen molar-refractivity contribution >= 4 is 0 Å². The molecule has 3 heteroatoms. The van der Waals surface area contributed by atoms with Gasteiger partial charge in [-0.2, -0.15) is 0 Å². The van der Waals surface area contributed by atoms with Crippen LogP contribution in [0.2, 0.25) is 0 Å². The Kier molecular flexibility index (Phi) is 5.34. The van der Waals surface area contributed by atoms with Gasteiger partial charge in [-0.25, -0.2) is 0 Å². The minimum atomic E-state index is 0.347. The van der Waals surface area contributed by atoms with Crippen LogP contribution in [0.5, 0.6) is 0 Å². The van der Waals surface area contributed by atoms with Crippen molar-refractivity contribution in [2.24, 2.45) is 0 Å². The maximum absolute atomic E-state index is 4.45. The summed E-state index contributed by atoms with van der Waals surface area (Å²) in [5.74, 6) is 0. The van der Waals surface area contributed by atoms with Gasteiger partial charge in [0.15, 0.2) is 0 Å². The third-order valence-corrected chi connectivity index (χ3v) is 4.15. The lowest BCUT2D eigenvalue weighted by atomic mass is 9.91. The first-order valence-corrected chi connectivity index (χ1v) is 7.65. The van der Waals surface area contributed by atoms with E-state index >= 15 is 0 Å². The van der Waals surface area contributed by atoms with Gasteiger partial charge in [-0.15, -0.1) is 0 Å². The molecule has 2 rings (SSSR count). The number of rotatable bonds is 7. The number of hydrogen-bond acceptors (Lipinski definition) is 3. The molecule has 1 aromatic heterocycles. The van der Waals surface area contributed by atoms with Crippen LogP contribution in [0.3, 0.4) is 0 Å². The Morgan fingerprint density at radius 1 is 1.37 bits per heavy atom. The Bertz CT molecular complexity index is 358. The Morgan fingerprint density at radius 2 is 2.26 bits per heavy atom. The van der Waals surface area contributed by atoms with Gasteiger partial charge in [0.05, 0.1) is 5.69 Å². The van der Waals surface area contributed by atoms with Crippen molar-refractivity contribution in [2.45, 2.75) is 51.6 Å². The first kappa shape index (κ1) is 14.5. The van der Waals surface area contributed by atoms with Gasteiger partial charge in [0.2, 0.25) is 0 Å². The lowest BCUT2D eigenvalue weighted by Crippen LogP contribution is -2.49. The highest BCUT2D eigenvalue weighted by Gasteiger charge is 2.33. The SMILES string of the molecule is CCCC1(CN(CC)Cc2ccccn2)CCCN1. The number of aromatic nitrogens is 1. The predicted octanol–water partition coefficient (Wildman–Crippen LogP) is 2.83. The lowest BCUT2D eigenvalue weighted by molar-refractivity contribution is 0.182. The average molecular weight is 261 g/mol. The van der Waals surface area contributed by atoms with Crippen LogP contribution in [0.15, 0.2) is 24.4 Å². The molecule has 106 valence electrons. The molecule has 1 aromatic rings. The highest BCUT2D eigenvalue weighted by atomic mass is 15.2. The fourth-order valence-corrected chi connectivity index (χ4v) is 3.20. The minimum absolute atomic E-state index is 0.347. The second-order valence-corrected chi connectivity index (χ2v) is 5.69. The Morgan fingerprint density at radius 3 is 2.84 bits per heavy atom. The van der Waals surface area contributed by atoms with E-state index in [9.17, 15) is 0 Å². The van der Waals surface area contributed by atoms with Crippen molar-refractivity contribution in [1.29, 1.82) is 0 Å². The molecular formula is C16H27N3. The molecule has 1 atom stereocenters. The summed E-state index contributed by atoms with van der Waals surface area (Å²) >= 11 is 0. The van der Waals surface area contributed by atoms with Gasteiger partial charge in [0, 0.05) is 24.8 Å². The van der Waals surface area contributed by atoms with Crippen molar-refractivity contribution in [3.05, 3.63) is 30.1 Å². The highest BCUT2D eigenvalue weighted by Crippen LogP contribution is 2.26. The van der Waals surface area contributed by atoms with Gasteiger partial charge in [-0.3, -0.25) is 9.88 Å². The van der Waals surface area contributed by atoms with Gasteiger partial charge in [-0.1, -0.05) is 26.3 Å². The normalized spacial score (nSPS) is 23.1. The first-order chi connectivity index (χ1) is 9.28. The summed E-state index contributed by atoms with van der Waals surface area (Å²) in [7, 11) is 0. The number of pyridine rings is 1. The molecule has 1 aliphatic heterocycles. The first-order valence-electron chi connectivity index (χ1n) is 7.65. The molecule has 1 unspecified atom stereocenters. The Balaban J connectivity index is 1.97. The number of nitrogens with one attached hydrogen (secondary N) is 1. The zero-order chi connectivity index (χ0) is 13.6. The number of likely N-dealkylation sites (N-methyl/N-ethyl adjacent to an activating group) is 1. The summed E-state index contributed by atoms with van der Waals surface area (Å²) in [5, 5.41) is 3.76. The summed E-state index contributed by atoms with van der Waals surface area (Å²) in [5.41, 5.74) is 1.52. The quantitative estimate of drug-likeness (QED) is 0.818. The van der Waals surface area contributed by atoms with Crippen molar-refractivity contribution in [3.63, 3.8) is 0 Å². The molecule has 0 bridgehead atoms. The van der Waals surface area contributed by atoms with Gasteiger partial charge >= 0.3 is 0 Å². The number of nitrogens with zero attached hydrogens (tertiary/aromatic N) is 2. The monoisotopic (exact) mass is 261 g/mol. The topological polar surface area (TPSA) is 28.2 Å². The molecule has 1 aliphatic rings. The zero-order valence-corrected chi connectivity index (χ0v) is 12.4. The minimum Gasteiger partial charge on any atom is -0.310 e. The van der Waals surface area contributed by atoms with E-state index in [0.717, 1.165) is 19.6 Å². The Labute approximate surface area is 117 Å². The van der Waals surface area contributed by atoms with E-state index in [1.165, 1.54) is 37.9 Å². The van der Waals surface area contributed by atoms with Crippen LogP contribution >= 0.6 is 0 Å². The van der Waals surface area contributed by atoms with Crippen molar-refractivity contribution in [2.75, 3.05) is 19.6 Å². The maximum atomic E-state index is 4.45. The number of hydrogen-bond donors (Lipinski definition) is 1. The molecule has 3 nitrogen and oxygen atoms in total. The molecule has 0 aromatic carbocycles. The van der Waals surface area contributed by atoms with E-state index in [0.29, 0.717) is 5.54 Å². The molecule has 0 radical (unpaired) electrons. The average Bonchev–Trinajstić information content (AvgIpc) is 2.88. The summed E-state index contributed by atoms with van der Waals surface area (Å²) < 4.78 is 0. The fourth-order valence-electron chi connectivity index (χ4n) is 3.20. The molecule has 0 amide bonds. The van der Waals surface area contributed by atoms with Gasteiger partial charge in [0.1, 0.15) is 0 Å². The van der Waals surface area contributed by atoms with Gasteiger partial charge in [-0.05, 0) is 44.5 Å². The van der Waals surface area contributed by atoms with Crippen LogP contribution in [0.25, 0.3) is 0 Å². The third-order valence-electron chi connectivity index (χ3n) is 4.15. The molecule has 2 heterocycles. The second-order valence-electron chi connectivity index (χ2n) is 5.69. The Hall–Kier alpha value is -0.930. The molecule has 1 fully saturated rings. The molecule has 0 aliphatic carbocycles. The molecule has 1 saturated heterocycles. The zero-order valence-electron chi connectivity index (χ0n) is 12.4. The fraction of sp³-hybridized carbons (Fsp3) is 0.688. The molecule has 19 heavy (non-hydrogen) atoms. The van der Waals surface area contributed by atoms with Gasteiger partial charge < -0.3 is 5.32 Å². The van der Waals surface area contributed by atoms with E-state index in [2.05, 4.69) is 41.2 Å². The summed E-state index contributed by atoms with van der Waals surface area (Å²) in [6.45, 7) is 8.91. The van der Waals surface area contributed by atoms with Gasteiger partial charge in [0.25, 0.3) is 0 Å². The van der Waals surface area contributed by atoms with E-state index in [1.807, 2.05) is 12.3 Å². The summed E-state index contributed by atoms with van der Waals surface area (Å²) in [6, 6.07) is 6.18. The van der Waals surface area contributed by atoms with E-state index in [1.54, 1.807) is 0 Å². The molecule has 0 spiro atoms. The van der Waals surface area contributed by atoms with Crippen LogP contribution in [-0.2, 0) is 6.54 Å². The molecular weight excluding hydrogens is 234 g/mol. The van der Waals surface area contributed by atoms with Crippen LogP contribution in [0.4, 0.5) is 0 Å². The lowest BCUT2D eigenvalue weighted by Gasteiger charge is -2.35. The van der Waals surface area contributed by atoms with Crippen LogP contribution in [0, 0.1) is 0 Å². The smallest absolute Gasteiger partial charge is 0.0543 e. The van der Waals surface area contributed by atoms with Crippen molar-refractivity contribution in [3.8, 4) is 0 Å². The standard InChI is InChI=1S/C16H27N3/c1-3-9-16(10-7-12-18-16)14-19(4-2)13-15-8-5-6-11-17-15/h5-6,8,11,18H,3-4,7,9-10,12-14H2,1-2H3. The summed E-state index contributed by atoms with van der Waals surface area (Å²) in [4.78, 5) is 6.97. The maximum Gasteiger partial charge on any atom is 0.0543 e. The van der Waals surface area contributed by atoms with Crippen LogP contribution < -0.4 is 5.32 Å². The molecule has 1 N–H and O–H groups in total. The molecule has 0 saturated carbocycles. The largest absolute Gasteiger partial charge is 0.310 e.